The fourth-order valence-electron chi connectivity index (χ4n) is 5.05. The predicted octanol–water partition coefficient (Wildman–Crippen LogP) is 5.77. The number of halogens is 1. The second-order valence-electron chi connectivity index (χ2n) is 7.75. The van der Waals surface area contributed by atoms with E-state index in [1.807, 2.05) is 0 Å². The topological polar surface area (TPSA) is 87.0 Å². The van der Waals surface area contributed by atoms with Crippen molar-refractivity contribution >= 4 is 25.2 Å². The van der Waals surface area contributed by atoms with Crippen LogP contribution in [0, 0.1) is 11.8 Å². The minimum Gasteiger partial charge on any atom is -0.507 e. The Bertz CT molecular complexity index is 869. The van der Waals surface area contributed by atoms with Crippen molar-refractivity contribution in [2.24, 2.45) is 11.8 Å². The summed E-state index contributed by atoms with van der Waals surface area (Å²) in [5.41, 5.74) is 4.72. The quantitative estimate of drug-likeness (QED) is 0.334. The van der Waals surface area contributed by atoms with E-state index in [0.29, 0.717) is 17.4 Å². The van der Waals surface area contributed by atoms with E-state index in [2.05, 4.69) is 4.52 Å². The number of aliphatic hydroxyl groups is 1. The first kappa shape index (κ1) is 19.1. The van der Waals surface area contributed by atoms with E-state index in [1.54, 1.807) is 11.6 Å². The number of benzene rings is 1. The number of aliphatic hydroxyl groups excluding tert-OH is 1. The lowest BCUT2D eigenvalue weighted by atomic mass is 9.62. The standard InChI is InChI=1S/C20H24ClO5P/c21-17-9-8-14(11-18(17)26-27(23,24)25)20(22)19-13-5-3-7-16(19)15-6-2-1-4-12(15)10-13/h8-9,11,13,16,22H,1-7,10H2,(H2,23,24,25)/b20-19+. The Morgan fingerprint density at radius 2 is 1.93 bits per heavy atom. The Balaban J connectivity index is 1.76. The van der Waals surface area contributed by atoms with E-state index in [9.17, 15) is 9.67 Å². The lowest BCUT2D eigenvalue weighted by Crippen LogP contribution is -2.29. The summed E-state index contributed by atoms with van der Waals surface area (Å²) in [5.74, 6) is 0.749. The van der Waals surface area contributed by atoms with Gasteiger partial charge in [0.25, 0.3) is 0 Å². The number of rotatable bonds is 3. The maximum atomic E-state index is 11.2. The van der Waals surface area contributed by atoms with Gasteiger partial charge in [-0.2, -0.15) is 0 Å². The molecule has 0 aromatic heterocycles. The van der Waals surface area contributed by atoms with Crippen LogP contribution in [0.25, 0.3) is 5.76 Å². The van der Waals surface area contributed by atoms with Crippen molar-refractivity contribution in [1.82, 2.24) is 0 Å². The van der Waals surface area contributed by atoms with Gasteiger partial charge in [-0.15, -0.1) is 0 Å². The number of allylic oxidation sites excluding steroid dienone is 3. The summed E-state index contributed by atoms with van der Waals surface area (Å²) in [7, 11) is -4.72. The van der Waals surface area contributed by atoms with Crippen molar-refractivity contribution in [2.45, 2.75) is 51.4 Å². The van der Waals surface area contributed by atoms with E-state index in [-0.39, 0.29) is 16.5 Å². The fraction of sp³-hybridized carbons (Fsp3) is 0.500. The number of hydrogen-bond donors (Lipinski definition) is 3. The second kappa shape index (κ2) is 7.29. The Hall–Kier alpha value is -1.26. The van der Waals surface area contributed by atoms with Gasteiger partial charge in [-0.1, -0.05) is 29.2 Å². The van der Waals surface area contributed by atoms with E-state index < -0.39 is 7.82 Å². The molecule has 0 spiro atoms. The van der Waals surface area contributed by atoms with Gasteiger partial charge in [0.1, 0.15) is 5.76 Å². The highest BCUT2D eigenvalue weighted by atomic mass is 35.5. The third-order valence-corrected chi connectivity index (χ3v) is 6.84. The van der Waals surface area contributed by atoms with Crippen LogP contribution in [0.3, 0.4) is 0 Å². The van der Waals surface area contributed by atoms with Crippen LogP contribution in [-0.4, -0.2) is 14.9 Å². The molecule has 27 heavy (non-hydrogen) atoms. The average molecular weight is 411 g/mol. The van der Waals surface area contributed by atoms with Gasteiger partial charge in [-0.25, -0.2) is 4.57 Å². The van der Waals surface area contributed by atoms with Gasteiger partial charge in [-0.3, -0.25) is 9.79 Å². The van der Waals surface area contributed by atoms with Crippen LogP contribution in [0.5, 0.6) is 5.75 Å². The molecule has 4 rings (SSSR count). The van der Waals surface area contributed by atoms with Gasteiger partial charge in [0, 0.05) is 11.5 Å². The highest BCUT2D eigenvalue weighted by Gasteiger charge is 2.39. The number of phosphoric acid groups is 1. The first-order valence-electron chi connectivity index (χ1n) is 9.52. The summed E-state index contributed by atoms with van der Waals surface area (Å²) in [6.07, 6.45) is 9.15. The van der Waals surface area contributed by atoms with Crippen LogP contribution < -0.4 is 4.52 Å². The van der Waals surface area contributed by atoms with Crippen LogP contribution in [0.2, 0.25) is 5.02 Å². The summed E-state index contributed by atoms with van der Waals surface area (Å²) in [5, 5.41) is 11.2. The molecular formula is C20H24ClO5P. The molecule has 3 aliphatic carbocycles. The molecule has 1 aromatic rings. The minimum atomic E-state index is -4.72. The molecule has 1 fully saturated rings. The lowest BCUT2D eigenvalue weighted by Gasteiger charge is -2.43. The molecule has 1 aromatic carbocycles. The van der Waals surface area contributed by atoms with Crippen LogP contribution in [0.4, 0.5) is 0 Å². The molecule has 2 unspecified atom stereocenters. The summed E-state index contributed by atoms with van der Waals surface area (Å²) in [6, 6.07) is 4.60. The number of phosphoric ester groups is 1. The molecule has 3 N–H and O–H groups in total. The third kappa shape index (κ3) is 3.84. The monoisotopic (exact) mass is 410 g/mol. The molecule has 5 nitrogen and oxygen atoms in total. The number of hydrogen-bond acceptors (Lipinski definition) is 3. The molecule has 2 atom stereocenters. The average Bonchev–Trinajstić information content (AvgIpc) is 2.61. The Morgan fingerprint density at radius 3 is 2.70 bits per heavy atom. The Labute approximate surface area is 163 Å². The SMILES string of the molecule is O=P(O)(O)Oc1cc(/C(O)=C2/C3CCCC2C2=C(CCCC2)C3)ccc1Cl. The highest BCUT2D eigenvalue weighted by molar-refractivity contribution is 7.46. The van der Waals surface area contributed by atoms with E-state index >= 15 is 0 Å². The summed E-state index contributed by atoms with van der Waals surface area (Å²) in [4.78, 5) is 18.2. The Kier molecular flexibility index (Phi) is 5.15. The van der Waals surface area contributed by atoms with Crippen LogP contribution in [0.1, 0.15) is 56.9 Å². The lowest BCUT2D eigenvalue weighted by molar-refractivity contribution is 0.283. The molecule has 1 saturated carbocycles. The molecule has 0 heterocycles. The molecule has 3 aliphatic rings. The van der Waals surface area contributed by atoms with Crippen LogP contribution in [0.15, 0.2) is 34.9 Å². The van der Waals surface area contributed by atoms with Crippen LogP contribution >= 0.6 is 19.4 Å². The van der Waals surface area contributed by atoms with Gasteiger partial charge < -0.3 is 9.63 Å². The minimum absolute atomic E-state index is 0.0981. The van der Waals surface area contributed by atoms with Gasteiger partial charge >= 0.3 is 7.82 Å². The van der Waals surface area contributed by atoms with Gasteiger partial charge in [-0.05, 0) is 74.6 Å². The molecule has 0 aliphatic heterocycles. The molecule has 0 radical (unpaired) electrons. The first-order valence-corrected chi connectivity index (χ1v) is 11.4. The normalized spacial score (nSPS) is 27.2. The molecule has 0 amide bonds. The summed E-state index contributed by atoms with van der Waals surface area (Å²) in [6.45, 7) is 0. The largest absolute Gasteiger partial charge is 0.524 e. The van der Waals surface area contributed by atoms with Crippen molar-refractivity contribution in [3.63, 3.8) is 0 Å². The van der Waals surface area contributed by atoms with E-state index in [0.717, 1.165) is 31.3 Å². The van der Waals surface area contributed by atoms with Crippen molar-refractivity contribution in [3.8, 4) is 5.75 Å². The highest BCUT2D eigenvalue weighted by Crippen LogP contribution is 2.53. The second-order valence-corrected chi connectivity index (χ2v) is 9.32. The van der Waals surface area contributed by atoms with Gasteiger partial charge in [0.2, 0.25) is 0 Å². The summed E-state index contributed by atoms with van der Waals surface area (Å²) >= 11 is 6.01. The van der Waals surface area contributed by atoms with Crippen molar-refractivity contribution < 1.29 is 24.0 Å². The smallest absolute Gasteiger partial charge is 0.507 e. The maximum absolute atomic E-state index is 11.2. The molecule has 7 heteroatoms. The van der Waals surface area contributed by atoms with Gasteiger partial charge in [0.15, 0.2) is 5.75 Å². The van der Waals surface area contributed by atoms with Crippen molar-refractivity contribution in [3.05, 3.63) is 45.5 Å². The zero-order chi connectivity index (χ0) is 19.2. The molecule has 146 valence electrons. The van der Waals surface area contributed by atoms with Crippen molar-refractivity contribution in [2.75, 3.05) is 0 Å². The Morgan fingerprint density at radius 1 is 1.15 bits per heavy atom. The molecule has 2 bridgehead atoms. The van der Waals surface area contributed by atoms with E-state index in [1.165, 1.54) is 43.4 Å². The zero-order valence-electron chi connectivity index (χ0n) is 15.0. The molecular weight excluding hydrogens is 387 g/mol. The summed E-state index contributed by atoms with van der Waals surface area (Å²) < 4.78 is 15.9. The van der Waals surface area contributed by atoms with Gasteiger partial charge in [0.05, 0.1) is 5.02 Å². The maximum Gasteiger partial charge on any atom is 0.524 e. The van der Waals surface area contributed by atoms with Crippen molar-refractivity contribution in [1.29, 1.82) is 0 Å². The first-order chi connectivity index (χ1) is 12.8. The molecule has 0 saturated heterocycles. The third-order valence-electron chi connectivity index (χ3n) is 6.10. The zero-order valence-corrected chi connectivity index (χ0v) is 16.7. The number of fused-ring (bicyclic) bond motifs is 3. The van der Waals surface area contributed by atoms with E-state index in [4.69, 9.17) is 21.4 Å². The fourth-order valence-corrected chi connectivity index (χ4v) is 5.67. The predicted molar refractivity (Wildman–Crippen MR) is 105 cm³/mol. The van der Waals surface area contributed by atoms with Crippen LogP contribution in [-0.2, 0) is 4.57 Å².